The van der Waals surface area contributed by atoms with E-state index in [1.165, 1.54) is 0 Å². The van der Waals surface area contributed by atoms with Crippen molar-refractivity contribution in [2.75, 3.05) is 33.4 Å². The van der Waals surface area contributed by atoms with Crippen LogP contribution in [0.4, 0.5) is 4.79 Å². The lowest BCUT2D eigenvalue weighted by molar-refractivity contribution is -0.124. The minimum absolute atomic E-state index is 0.0331. The molecule has 7 heteroatoms. The van der Waals surface area contributed by atoms with Crippen LogP contribution in [0.2, 0.25) is 0 Å². The van der Waals surface area contributed by atoms with Gasteiger partial charge in [0.05, 0.1) is 13.7 Å². The minimum Gasteiger partial charge on any atom is -0.493 e. The molecule has 2 rings (SSSR count). The molecular formula is C20H28N2O5. The number of likely N-dealkylation sites (tertiary alicyclic amines) is 1. The Kier molecular flexibility index (Phi) is 7.98. The number of methoxy groups -OCH3 is 1. The molecule has 1 saturated heterocycles. The maximum atomic E-state index is 12.2. The summed E-state index contributed by atoms with van der Waals surface area (Å²) in [6.07, 6.45) is 5.01. The lowest BCUT2D eigenvalue weighted by atomic mass is 10.1. The van der Waals surface area contributed by atoms with Crippen LogP contribution in [-0.4, -0.2) is 56.4 Å². The maximum Gasteiger partial charge on any atom is 0.409 e. The Labute approximate surface area is 160 Å². The van der Waals surface area contributed by atoms with Crippen LogP contribution < -0.4 is 14.8 Å². The summed E-state index contributed by atoms with van der Waals surface area (Å²) in [5, 5.41) is 2.96. The summed E-state index contributed by atoms with van der Waals surface area (Å²) in [4.78, 5) is 25.5. The van der Waals surface area contributed by atoms with E-state index in [0.29, 0.717) is 44.0 Å². The topological polar surface area (TPSA) is 77.1 Å². The first-order chi connectivity index (χ1) is 13.1. The molecule has 0 radical (unpaired) electrons. The number of nitrogens with one attached hydrogen (secondary N) is 1. The van der Waals surface area contributed by atoms with Crippen molar-refractivity contribution in [2.24, 2.45) is 0 Å². The minimum atomic E-state index is -0.293. The number of allylic oxidation sites excluding steroid dienone is 1. The summed E-state index contributed by atoms with van der Waals surface area (Å²) in [5.74, 6) is 0.920. The van der Waals surface area contributed by atoms with E-state index < -0.39 is 0 Å². The third kappa shape index (κ3) is 6.20. The van der Waals surface area contributed by atoms with Gasteiger partial charge < -0.3 is 24.4 Å². The van der Waals surface area contributed by atoms with Crippen LogP contribution in [0.15, 0.2) is 24.3 Å². The summed E-state index contributed by atoms with van der Waals surface area (Å²) >= 11 is 0. The third-order valence-electron chi connectivity index (χ3n) is 4.29. The Morgan fingerprint density at radius 3 is 2.63 bits per heavy atom. The predicted octanol–water partition coefficient (Wildman–Crippen LogP) is 2.84. The number of rotatable bonds is 7. The predicted molar refractivity (Wildman–Crippen MR) is 103 cm³/mol. The van der Waals surface area contributed by atoms with Gasteiger partial charge in [0.2, 0.25) is 0 Å². The van der Waals surface area contributed by atoms with Crippen molar-refractivity contribution in [3.8, 4) is 11.5 Å². The van der Waals surface area contributed by atoms with Gasteiger partial charge in [-0.1, -0.05) is 18.2 Å². The summed E-state index contributed by atoms with van der Waals surface area (Å²) in [6, 6.07) is 5.59. The number of hydrogen-bond donors (Lipinski definition) is 1. The second-order valence-electron chi connectivity index (χ2n) is 6.23. The van der Waals surface area contributed by atoms with Crippen molar-refractivity contribution in [3.63, 3.8) is 0 Å². The highest BCUT2D eigenvalue weighted by Gasteiger charge is 2.24. The highest BCUT2D eigenvalue weighted by Crippen LogP contribution is 2.28. The second kappa shape index (κ2) is 10.4. The van der Waals surface area contributed by atoms with Gasteiger partial charge in [-0.05, 0) is 44.4 Å². The highest BCUT2D eigenvalue weighted by molar-refractivity contribution is 5.78. The molecule has 1 fully saturated rings. The van der Waals surface area contributed by atoms with E-state index in [4.69, 9.17) is 14.2 Å². The Morgan fingerprint density at radius 1 is 1.26 bits per heavy atom. The van der Waals surface area contributed by atoms with Gasteiger partial charge in [-0.3, -0.25) is 4.79 Å². The molecule has 0 spiro atoms. The molecule has 0 bridgehead atoms. The summed E-state index contributed by atoms with van der Waals surface area (Å²) < 4.78 is 15.9. The molecular weight excluding hydrogens is 348 g/mol. The monoisotopic (exact) mass is 376 g/mol. The number of carbonyl (C=O) groups is 2. The number of piperidine rings is 1. The van der Waals surface area contributed by atoms with Crippen LogP contribution in [0.3, 0.4) is 0 Å². The number of nitrogens with zero attached hydrogens (tertiary/aromatic N) is 1. The van der Waals surface area contributed by atoms with Gasteiger partial charge in [-0.2, -0.15) is 0 Å². The molecule has 0 aromatic heterocycles. The van der Waals surface area contributed by atoms with Crippen LogP contribution in [-0.2, 0) is 9.53 Å². The third-order valence-corrected chi connectivity index (χ3v) is 4.29. The molecule has 7 nitrogen and oxygen atoms in total. The molecule has 0 atom stereocenters. The highest BCUT2D eigenvalue weighted by atomic mass is 16.6. The van der Waals surface area contributed by atoms with Crippen LogP contribution in [0.25, 0.3) is 6.08 Å². The zero-order valence-corrected chi connectivity index (χ0v) is 16.2. The quantitative estimate of drug-likeness (QED) is 0.792. The van der Waals surface area contributed by atoms with Crippen molar-refractivity contribution in [1.29, 1.82) is 0 Å². The lowest BCUT2D eigenvalue weighted by Crippen LogP contribution is -2.47. The van der Waals surface area contributed by atoms with Gasteiger partial charge >= 0.3 is 6.09 Å². The van der Waals surface area contributed by atoms with Gasteiger partial charge in [0.1, 0.15) is 0 Å². The van der Waals surface area contributed by atoms with Crippen molar-refractivity contribution in [1.82, 2.24) is 10.2 Å². The Hall–Kier alpha value is -2.70. The molecule has 1 aromatic carbocycles. The number of benzene rings is 1. The number of amides is 2. The SMILES string of the molecule is C/C=C/c1ccc(OCC(=O)NC2CCN(C(=O)OCC)CC2)c(OC)c1. The fourth-order valence-corrected chi connectivity index (χ4v) is 2.93. The first-order valence-electron chi connectivity index (χ1n) is 9.22. The van der Waals surface area contributed by atoms with E-state index >= 15 is 0 Å². The molecule has 0 saturated carbocycles. The van der Waals surface area contributed by atoms with E-state index in [2.05, 4.69) is 5.32 Å². The van der Waals surface area contributed by atoms with Crippen LogP contribution in [0, 0.1) is 0 Å². The first-order valence-corrected chi connectivity index (χ1v) is 9.22. The molecule has 1 heterocycles. The van der Waals surface area contributed by atoms with Crippen LogP contribution in [0.1, 0.15) is 32.3 Å². The Morgan fingerprint density at radius 2 is 2.00 bits per heavy atom. The molecule has 27 heavy (non-hydrogen) atoms. The lowest BCUT2D eigenvalue weighted by Gasteiger charge is -2.31. The molecule has 1 aromatic rings. The summed E-state index contributed by atoms with van der Waals surface area (Å²) in [6.45, 7) is 5.16. The van der Waals surface area contributed by atoms with E-state index in [1.807, 2.05) is 31.2 Å². The average Bonchev–Trinajstić information content (AvgIpc) is 2.68. The standard InChI is InChI=1S/C20H28N2O5/c1-4-6-15-7-8-17(18(13-15)25-3)27-14-19(23)21-16-9-11-22(12-10-16)20(24)26-5-2/h4,6-8,13,16H,5,9-12,14H2,1-3H3,(H,21,23)/b6-4+. The van der Waals surface area contributed by atoms with Gasteiger partial charge in [0.25, 0.3) is 5.91 Å². The normalized spacial score (nSPS) is 14.9. The number of carbonyl (C=O) groups excluding carboxylic acids is 2. The molecule has 0 aliphatic carbocycles. The molecule has 1 aliphatic heterocycles. The maximum absolute atomic E-state index is 12.2. The van der Waals surface area contributed by atoms with Crippen molar-refractivity contribution < 1.29 is 23.8 Å². The van der Waals surface area contributed by atoms with Gasteiger partial charge in [0.15, 0.2) is 18.1 Å². The van der Waals surface area contributed by atoms with E-state index in [1.54, 1.807) is 25.0 Å². The average molecular weight is 376 g/mol. The zero-order valence-electron chi connectivity index (χ0n) is 16.2. The fraction of sp³-hybridized carbons (Fsp3) is 0.500. The Balaban J connectivity index is 1.79. The van der Waals surface area contributed by atoms with E-state index in [0.717, 1.165) is 5.56 Å². The van der Waals surface area contributed by atoms with Crippen LogP contribution in [0.5, 0.6) is 11.5 Å². The summed E-state index contributed by atoms with van der Waals surface area (Å²) in [7, 11) is 1.57. The van der Waals surface area contributed by atoms with Gasteiger partial charge in [0, 0.05) is 19.1 Å². The largest absolute Gasteiger partial charge is 0.493 e. The van der Waals surface area contributed by atoms with Crippen molar-refractivity contribution in [2.45, 2.75) is 32.7 Å². The summed E-state index contributed by atoms with van der Waals surface area (Å²) in [5.41, 5.74) is 1.000. The zero-order chi connectivity index (χ0) is 19.6. The molecule has 0 unspecified atom stereocenters. The smallest absolute Gasteiger partial charge is 0.409 e. The van der Waals surface area contributed by atoms with E-state index in [-0.39, 0.29) is 24.6 Å². The van der Waals surface area contributed by atoms with Crippen molar-refractivity contribution in [3.05, 3.63) is 29.8 Å². The fourth-order valence-electron chi connectivity index (χ4n) is 2.93. The van der Waals surface area contributed by atoms with Crippen molar-refractivity contribution >= 4 is 18.1 Å². The van der Waals surface area contributed by atoms with Gasteiger partial charge in [-0.15, -0.1) is 0 Å². The second-order valence-corrected chi connectivity index (χ2v) is 6.23. The van der Waals surface area contributed by atoms with Crippen LogP contribution >= 0.6 is 0 Å². The van der Waals surface area contributed by atoms with E-state index in [9.17, 15) is 9.59 Å². The first kappa shape index (κ1) is 20.6. The molecule has 2 amide bonds. The number of hydrogen-bond acceptors (Lipinski definition) is 5. The molecule has 1 N–H and O–H groups in total. The number of ether oxygens (including phenoxy) is 3. The Bertz CT molecular complexity index is 666. The van der Waals surface area contributed by atoms with Gasteiger partial charge in [-0.25, -0.2) is 4.79 Å². The molecule has 1 aliphatic rings. The molecule has 148 valence electrons.